The molecule has 5 nitrogen and oxygen atoms in total. The number of halogens is 3. The second kappa shape index (κ2) is 13.7. The van der Waals surface area contributed by atoms with Crippen LogP contribution in [0.4, 0.5) is 13.2 Å². The highest BCUT2D eigenvalue weighted by atomic mass is 19.4. The van der Waals surface area contributed by atoms with Crippen LogP contribution in [0.2, 0.25) is 0 Å². The van der Waals surface area contributed by atoms with E-state index in [2.05, 4.69) is 11.1 Å². The Morgan fingerprint density at radius 1 is 1.02 bits per heavy atom. The average molecular weight is 596 g/mol. The van der Waals surface area contributed by atoms with Crippen molar-refractivity contribution >= 4 is 18.1 Å². The van der Waals surface area contributed by atoms with E-state index in [4.69, 9.17) is 0 Å². The third-order valence-electron chi connectivity index (χ3n) is 8.14. The van der Waals surface area contributed by atoms with Crippen LogP contribution >= 0.6 is 0 Å². The lowest BCUT2D eigenvalue weighted by Crippen LogP contribution is -2.46. The lowest BCUT2D eigenvalue weighted by Gasteiger charge is -2.39. The molecule has 1 aliphatic heterocycles. The summed E-state index contributed by atoms with van der Waals surface area (Å²) in [6.07, 6.45) is 2.73. The molecule has 1 fully saturated rings. The zero-order chi connectivity index (χ0) is 31.1. The quantitative estimate of drug-likeness (QED) is 0.210. The van der Waals surface area contributed by atoms with Crippen LogP contribution < -0.4 is 0 Å². The Labute approximate surface area is 254 Å². The molecular weight excluding hydrogens is 563 g/mol. The summed E-state index contributed by atoms with van der Waals surface area (Å²) in [6, 6.07) is 25.8. The molecule has 0 radical (unpaired) electrons. The molecule has 8 heteroatoms. The summed E-state index contributed by atoms with van der Waals surface area (Å²) in [6.45, 7) is 0.500. The van der Waals surface area contributed by atoms with Gasteiger partial charge >= 0.3 is 12.1 Å². The molecular formula is C36H32F3N3O2. The molecule has 0 saturated carbocycles. The molecule has 1 unspecified atom stereocenters. The number of hydrogen-bond donors (Lipinski definition) is 1. The molecule has 0 amide bonds. The number of rotatable bonds is 9. The van der Waals surface area contributed by atoms with Crippen LogP contribution in [0.15, 0.2) is 91.1 Å². The summed E-state index contributed by atoms with van der Waals surface area (Å²) in [7, 11) is 0. The van der Waals surface area contributed by atoms with Crippen molar-refractivity contribution in [1.29, 1.82) is 5.26 Å². The fourth-order valence-corrected chi connectivity index (χ4v) is 5.98. The van der Waals surface area contributed by atoms with Gasteiger partial charge in [-0.3, -0.25) is 14.7 Å². The lowest BCUT2D eigenvalue weighted by molar-refractivity contribution is -0.146. The molecule has 2 atom stereocenters. The maximum Gasteiger partial charge on any atom is 0.416 e. The van der Waals surface area contributed by atoms with Gasteiger partial charge in [0, 0.05) is 17.8 Å². The molecule has 4 aromatic rings. The minimum Gasteiger partial charge on any atom is -0.480 e. The number of carboxylic acids is 1. The molecule has 3 aromatic carbocycles. The first-order chi connectivity index (χ1) is 21.3. The van der Waals surface area contributed by atoms with E-state index < -0.39 is 29.8 Å². The second-order valence-electron chi connectivity index (χ2n) is 10.9. The number of likely N-dealkylation sites (tertiary alicyclic amines) is 1. The number of hydrogen-bond acceptors (Lipinski definition) is 4. The highest BCUT2D eigenvalue weighted by molar-refractivity contribution is 5.79. The summed E-state index contributed by atoms with van der Waals surface area (Å²) in [4.78, 5) is 18.3. The number of carboxylic acid groups (broad SMARTS) is 1. The molecule has 1 aliphatic rings. The van der Waals surface area contributed by atoms with Crippen molar-refractivity contribution in [2.24, 2.45) is 0 Å². The Hall–Kier alpha value is -4.74. The Morgan fingerprint density at radius 2 is 1.75 bits per heavy atom. The van der Waals surface area contributed by atoms with Gasteiger partial charge in [0.05, 0.1) is 16.8 Å². The number of piperidine rings is 1. The largest absolute Gasteiger partial charge is 0.480 e. The van der Waals surface area contributed by atoms with Crippen molar-refractivity contribution < 1.29 is 23.1 Å². The van der Waals surface area contributed by atoms with E-state index in [1.54, 1.807) is 12.1 Å². The van der Waals surface area contributed by atoms with Crippen molar-refractivity contribution in [1.82, 2.24) is 9.88 Å². The van der Waals surface area contributed by atoms with Gasteiger partial charge in [-0.25, -0.2) is 0 Å². The molecule has 2 heterocycles. The van der Waals surface area contributed by atoms with Gasteiger partial charge in [-0.15, -0.1) is 0 Å². The van der Waals surface area contributed by atoms with E-state index in [0.717, 1.165) is 30.0 Å². The molecule has 1 aromatic heterocycles. The fourth-order valence-electron chi connectivity index (χ4n) is 5.98. The smallest absolute Gasteiger partial charge is 0.416 e. The Morgan fingerprint density at radius 3 is 2.43 bits per heavy atom. The number of alkyl halides is 3. The van der Waals surface area contributed by atoms with Crippen LogP contribution in [0.3, 0.4) is 0 Å². The number of nitrogens with zero attached hydrogens (tertiary/aromatic N) is 3. The second-order valence-corrected chi connectivity index (χ2v) is 10.9. The maximum absolute atomic E-state index is 14.5. The number of aromatic nitrogens is 1. The molecule has 0 bridgehead atoms. The fraction of sp³-hybridized carbons (Fsp3) is 0.250. The molecule has 0 aliphatic carbocycles. The summed E-state index contributed by atoms with van der Waals surface area (Å²) < 4.78 is 43.6. The van der Waals surface area contributed by atoms with Gasteiger partial charge in [-0.05, 0) is 72.7 Å². The molecule has 1 saturated heterocycles. The number of aryl methyl sites for hydroxylation is 1. The van der Waals surface area contributed by atoms with Crippen LogP contribution in [0, 0.1) is 11.3 Å². The van der Waals surface area contributed by atoms with Gasteiger partial charge < -0.3 is 5.11 Å². The van der Waals surface area contributed by atoms with Crippen molar-refractivity contribution in [2.75, 3.05) is 6.54 Å². The van der Waals surface area contributed by atoms with Gasteiger partial charge in [0.15, 0.2) is 0 Å². The van der Waals surface area contributed by atoms with Gasteiger partial charge in [-0.2, -0.15) is 18.4 Å². The lowest BCUT2D eigenvalue weighted by atomic mass is 9.90. The third-order valence-corrected chi connectivity index (χ3v) is 8.14. The highest BCUT2D eigenvalue weighted by Crippen LogP contribution is 2.38. The average Bonchev–Trinajstić information content (AvgIpc) is 3.04. The van der Waals surface area contributed by atoms with Gasteiger partial charge in [-0.1, -0.05) is 85.3 Å². The zero-order valence-corrected chi connectivity index (χ0v) is 24.0. The van der Waals surface area contributed by atoms with Crippen LogP contribution in [-0.4, -0.2) is 33.5 Å². The van der Waals surface area contributed by atoms with Crippen LogP contribution in [0.1, 0.15) is 65.2 Å². The van der Waals surface area contributed by atoms with E-state index in [9.17, 15) is 28.3 Å². The highest BCUT2D eigenvalue weighted by Gasteiger charge is 2.37. The molecule has 224 valence electrons. The van der Waals surface area contributed by atoms with E-state index >= 15 is 0 Å². The van der Waals surface area contributed by atoms with E-state index in [-0.39, 0.29) is 16.8 Å². The maximum atomic E-state index is 14.5. The standard InChI is InChI=1S/C36H32F3N3O2/c37-36(38,39)31-23-28(33(19-14-25-9-3-1-4-10-25)42-22-8-7-13-34(42)35(43)44)16-15-27(31)17-18-32-30(24-40)29(20-21-41-32)26-11-5-2-6-12-26/h1-6,9-12,15-18,20-21,23,33-34H,7-8,13-14,19,22H2,(H,43,44)/b18-17+/t33?,34-/m0/s1. The first-order valence-corrected chi connectivity index (χ1v) is 14.6. The summed E-state index contributed by atoms with van der Waals surface area (Å²) in [5.41, 5.74) is 2.57. The van der Waals surface area contributed by atoms with Crippen molar-refractivity contribution in [2.45, 2.75) is 50.4 Å². The first kappa shape index (κ1) is 30.7. The number of benzene rings is 3. The Kier molecular flexibility index (Phi) is 9.56. The summed E-state index contributed by atoms with van der Waals surface area (Å²) in [5.74, 6) is -0.955. The minimum atomic E-state index is -4.66. The van der Waals surface area contributed by atoms with E-state index in [1.807, 2.05) is 65.6 Å². The van der Waals surface area contributed by atoms with Crippen molar-refractivity contribution in [3.8, 4) is 17.2 Å². The normalized spacial score (nSPS) is 16.5. The first-order valence-electron chi connectivity index (χ1n) is 14.6. The van der Waals surface area contributed by atoms with E-state index in [1.165, 1.54) is 24.4 Å². The monoisotopic (exact) mass is 595 g/mol. The Balaban J connectivity index is 1.53. The predicted molar refractivity (Wildman–Crippen MR) is 164 cm³/mol. The third kappa shape index (κ3) is 7.07. The van der Waals surface area contributed by atoms with Crippen LogP contribution in [0.25, 0.3) is 23.3 Å². The Bertz CT molecular complexity index is 1660. The minimum absolute atomic E-state index is 0.0627. The number of nitriles is 1. The molecule has 44 heavy (non-hydrogen) atoms. The summed E-state index contributed by atoms with van der Waals surface area (Å²) in [5, 5.41) is 19.9. The number of pyridine rings is 1. The van der Waals surface area contributed by atoms with Gasteiger partial charge in [0.2, 0.25) is 0 Å². The summed E-state index contributed by atoms with van der Waals surface area (Å²) >= 11 is 0. The molecule has 0 spiro atoms. The zero-order valence-electron chi connectivity index (χ0n) is 24.0. The van der Waals surface area contributed by atoms with Crippen LogP contribution in [0.5, 0.6) is 0 Å². The van der Waals surface area contributed by atoms with E-state index in [0.29, 0.717) is 36.9 Å². The number of aliphatic carboxylic acids is 1. The predicted octanol–water partition coefficient (Wildman–Crippen LogP) is 8.42. The van der Waals surface area contributed by atoms with Gasteiger partial charge in [0.1, 0.15) is 12.1 Å². The van der Waals surface area contributed by atoms with Crippen molar-refractivity contribution in [3.63, 3.8) is 0 Å². The SMILES string of the molecule is N#Cc1c(-c2ccccc2)ccnc1/C=C/c1ccc(C(CCc2ccccc2)N2CCCC[C@H]2C(=O)O)cc1C(F)(F)F. The van der Waals surface area contributed by atoms with Gasteiger partial charge in [0.25, 0.3) is 0 Å². The van der Waals surface area contributed by atoms with Crippen molar-refractivity contribution in [3.05, 3.63) is 125 Å². The number of carbonyl (C=O) groups is 1. The molecule has 5 rings (SSSR count). The van der Waals surface area contributed by atoms with Crippen LogP contribution in [-0.2, 0) is 17.4 Å². The topological polar surface area (TPSA) is 77.2 Å². The molecule has 1 N–H and O–H groups in total.